The van der Waals surface area contributed by atoms with Crippen molar-refractivity contribution in [3.63, 3.8) is 0 Å². The third kappa shape index (κ3) is 5.30. The Labute approximate surface area is 204 Å². The highest BCUT2D eigenvalue weighted by Gasteiger charge is 2.18. The second kappa shape index (κ2) is 9.79. The van der Waals surface area contributed by atoms with E-state index in [1.165, 1.54) is 30.4 Å². The van der Waals surface area contributed by atoms with Crippen LogP contribution < -0.4 is 15.4 Å². The molecule has 180 valence electrons. The van der Waals surface area contributed by atoms with Crippen LogP contribution in [0.5, 0.6) is 5.75 Å². The van der Waals surface area contributed by atoms with Crippen molar-refractivity contribution >= 4 is 44.3 Å². The lowest BCUT2D eigenvalue weighted by molar-refractivity contribution is 0.414. The SMILES string of the molecule is COc1ccc(S(=O)(=O)C=Cc2cnc(Nc3ccc4[nH]ccc4c3)nc2NC2CCCC2)cc1. The van der Waals surface area contributed by atoms with Crippen LogP contribution in [0.3, 0.4) is 0 Å². The van der Waals surface area contributed by atoms with Crippen LogP contribution in [0, 0.1) is 0 Å². The summed E-state index contributed by atoms with van der Waals surface area (Å²) in [7, 11) is -2.10. The second-order valence-corrected chi connectivity index (χ2v) is 10.4. The summed E-state index contributed by atoms with van der Waals surface area (Å²) in [6.07, 6.45) is 9.54. The fourth-order valence-corrected chi connectivity index (χ4v) is 5.22. The first-order valence-electron chi connectivity index (χ1n) is 11.6. The molecule has 1 aliphatic carbocycles. The zero-order valence-electron chi connectivity index (χ0n) is 19.4. The van der Waals surface area contributed by atoms with Crippen molar-refractivity contribution in [2.24, 2.45) is 0 Å². The average molecular weight is 490 g/mol. The lowest BCUT2D eigenvalue weighted by Gasteiger charge is -2.16. The lowest BCUT2D eigenvalue weighted by Crippen LogP contribution is -2.17. The summed E-state index contributed by atoms with van der Waals surface area (Å²) < 4.78 is 30.8. The number of nitrogens with zero attached hydrogens (tertiary/aromatic N) is 2. The molecule has 0 atom stereocenters. The number of fused-ring (bicyclic) bond motifs is 1. The van der Waals surface area contributed by atoms with Gasteiger partial charge in [0.15, 0.2) is 9.84 Å². The van der Waals surface area contributed by atoms with Gasteiger partial charge in [0, 0.05) is 46.0 Å². The van der Waals surface area contributed by atoms with Gasteiger partial charge in [0.25, 0.3) is 0 Å². The number of sulfone groups is 1. The van der Waals surface area contributed by atoms with Crippen molar-refractivity contribution in [1.82, 2.24) is 15.0 Å². The van der Waals surface area contributed by atoms with Gasteiger partial charge in [-0.25, -0.2) is 13.4 Å². The quantitative estimate of drug-likeness (QED) is 0.299. The van der Waals surface area contributed by atoms with Gasteiger partial charge in [-0.2, -0.15) is 4.98 Å². The van der Waals surface area contributed by atoms with Crippen molar-refractivity contribution in [2.75, 3.05) is 17.7 Å². The molecule has 0 amide bonds. The van der Waals surface area contributed by atoms with Gasteiger partial charge in [0.05, 0.1) is 12.0 Å². The maximum Gasteiger partial charge on any atom is 0.229 e. The minimum atomic E-state index is -3.64. The molecule has 5 rings (SSSR count). The first-order valence-corrected chi connectivity index (χ1v) is 13.1. The molecule has 4 aromatic rings. The number of H-pyrrole nitrogens is 1. The highest BCUT2D eigenvalue weighted by atomic mass is 32.2. The van der Waals surface area contributed by atoms with Gasteiger partial charge in [-0.15, -0.1) is 0 Å². The summed E-state index contributed by atoms with van der Waals surface area (Å²) >= 11 is 0. The van der Waals surface area contributed by atoms with Crippen LogP contribution in [0.15, 0.2) is 71.2 Å². The number of aromatic nitrogens is 3. The van der Waals surface area contributed by atoms with Crippen LogP contribution in [0.2, 0.25) is 0 Å². The Balaban J connectivity index is 1.42. The van der Waals surface area contributed by atoms with Gasteiger partial charge in [0.1, 0.15) is 11.6 Å². The lowest BCUT2D eigenvalue weighted by atomic mass is 10.2. The number of benzene rings is 2. The van der Waals surface area contributed by atoms with Gasteiger partial charge in [-0.1, -0.05) is 12.8 Å². The highest BCUT2D eigenvalue weighted by molar-refractivity contribution is 7.94. The Morgan fingerprint density at radius 1 is 1.09 bits per heavy atom. The largest absolute Gasteiger partial charge is 0.497 e. The molecule has 0 saturated heterocycles. The molecule has 0 aliphatic heterocycles. The van der Waals surface area contributed by atoms with Gasteiger partial charge in [-0.3, -0.25) is 0 Å². The zero-order valence-corrected chi connectivity index (χ0v) is 20.2. The first-order chi connectivity index (χ1) is 17.0. The predicted octanol–water partition coefficient (Wildman–Crippen LogP) is 5.51. The van der Waals surface area contributed by atoms with Gasteiger partial charge in [-0.05, 0) is 67.4 Å². The molecule has 9 heteroatoms. The van der Waals surface area contributed by atoms with Gasteiger partial charge in [0.2, 0.25) is 5.95 Å². The summed E-state index contributed by atoms with van der Waals surface area (Å²) in [4.78, 5) is 12.5. The molecule has 3 N–H and O–H groups in total. The number of aromatic amines is 1. The molecular formula is C26H27N5O3S. The predicted molar refractivity (Wildman–Crippen MR) is 139 cm³/mol. The molecule has 2 heterocycles. The maximum absolute atomic E-state index is 12.9. The van der Waals surface area contributed by atoms with Crippen LogP contribution in [0.4, 0.5) is 17.5 Å². The van der Waals surface area contributed by atoms with Crippen LogP contribution in [-0.2, 0) is 9.84 Å². The van der Waals surface area contributed by atoms with E-state index in [0.29, 0.717) is 29.1 Å². The second-order valence-electron chi connectivity index (χ2n) is 8.55. The zero-order chi connectivity index (χ0) is 24.3. The van der Waals surface area contributed by atoms with Crippen molar-refractivity contribution in [3.8, 4) is 5.75 Å². The number of hydrogen-bond acceptors (Lipinski definition) is 7. The van der Waals surface area contributed by atoms with E-state index in [9.17, 15) is 8.42 Å². The standard InChI is InChI=1S/C26H27N5O3S/c1-34-22-7-9-23(10-8-22)35(32,33)15-13-19-17-28-26(31-25(19)29-20-4-2-3-5-20)30-21-6-11-24-18(16-21)12-14-27-24/h6-17,20,27H,2-5H2,1H3,(H2,28,29,30,31). The highest BCUT2D eigenvalue weighted by Crippen LogP contribution is 2.27. The molecule has 2 aromatic carbocycles. The molecule has 2 aromatic heterocycles. The van der Waals surface area contributed by atoms with Crippen molar-refractivity contribution in [3.05, 3.63) is 71.9 Å². The minimum absolute atomic E-state index is 0.194. The Kier molecular flexibility index (Phi) is 6.41. The number of nitrogens with one attached hydrogen (secondary N) is 3. The van der Waals surface area contributed by atoms with Gasteiger partial charge < -0.3 is 20.4 Å². The Morgan fingerprint density at radius 2 is 1.89 bits per heavy atom. The molecule has 0 radical (unpaired) electrons. The number of methoxy groups -OCH3 is 1. The molecule has 1 saturated carbocycles. The molecule has 1 aliphatic rings. The number of rotatable bonds is 8. The topological polar surface area (TPSA) is 109 Å². The van der Waals surface area contributed by atoms with Crippen molar-refractivity contribution in [2.45, 2.75) is 36.6 Å². The molecule has 1 fully saturated rings. The van der Waals surface area contributed by atoms with E-state index in [4.69, 9.17) is 9.72 Å². The minimum Gasteiger partial charge on any atom is -0.497 e. The van der Waals surface area contributed by atoms with E-state index in [0.717, 1.165) is 29.4 Å². The third-order valence-electron chi connectivity index (χ3n) is 6.14. The summed E-state index contributed by atoms with van der Waals surface area (Å²) in [6, 6.07) is 14.6. The molecule has 8 nitrogen and oxygen atoms in total. The third-order valence-corrected chi connectivity index (χ3v) is 7.56. The normalized spacial score (nSPS) is 14.5. The van der Waals surface area contributed by atoms with Crippen LogP contribution >= 0.6 is 0 Å². The smallest absolute Gasteiger partial charge is 0.229 e. The average Bonchev–Trinajstić information content (AvgIpc) is 3.55. The Bertz CT molecular complexity index is 1460. The fraction of sp³-hybridized carbons (Fsp3) is 0.231. The van der Waals surface area contributed by atoms with Gasteiger partial charge >= 0.3 is 0 Å². The van der Waals surface area contributed by atoms with Crippen LogP contribution in [0.25, 0.3) is 17.0 Å². The van der Waals surface area contributed by atoms with E-state index in [1.54, 1.807) is 31.5 Å². The van der Waals surface area contributed by atoms with Crippen molar-refractivity contribution < 1.29 is 13.2 Å². The Morgan fingerprint density at radius 3 is 2.66 bits per heavy atom. The van der Waals surface area contributed by atoms with E-state index < -0.39 is 9.84 Å². The summed E-state index contributed by atoms with van der Waals surface area (Å²) in [6.45, 7) is 0. The summed E-state index contributed by atoms with van der Waals surface area (Å²) in [5.74, 6) is 1.65. The van der Waals surface area contributed by atoms with E-state index in [1.807, 2.05) is 30.5 Å². The molecule has 0 spiro atoms. The molecule has 0 unspecified atom stereocenters. The summed E-state index contributed by atoms with van der Waals surface area (Å²) in [5, 5.41) is 9.03. The number of hydrogen-bond donors (Lipinski definition) is 3. The molecule has 35 heavy (non-hydrogen) atoms. The first kappa shape index (κ1) is 22.9. The summed E-state index contributed by atoms with van der Waals surface area (Å²) in [5.41, 5.74) is 2.54. The van der Waals surface area contributed by atoms with E-state index in [-0.39, 0.29) is 4.90 Å². The van der Waals surface area contributed by atoms with Crippen LogP contribution in [-0.4, -0.2) is 36.5 Å². The van der Waals surface area contributed by atoms with E-state index >= 15 is 0 Å². The molecular weight excluding hydrogens is 462 g/mol. The monoisotopic (exact) mass is 489 g/mol. The Hall–Kier alpha value is -3.85. The van der Waals surface area contributed by atoms with Crippen LogP contribution in [0.1, 0.15) is 31.2 Å². The van der Waals surface area contributed by atoms with E-state index in [2.05, 4.69) is 20.6 Å². The molecule has 0 bridgehead atoms. The maximum atomic E-state index is 12.9. The van der Waals surface area contributed by atoms with Crippen molar-refractivity contribution in [1.29, 1.82) is 0 Å². The number of anilines is 3. The number of ether oxygens (including phenoxy) is 1. The fourth-order valence-electron chi connectivity index (χ4n) is 4.22.